The van der Waals surface area contributed by atoms with E-state index in [1.54, 1.807) is 13.3 Å². The summed E-state index contributed by atoms with van der Waals surface area (Å²) in [6, 6.07) is 25.7. The molecule has 7 heteroatoms. The summed E-state index contributed by atoms with van der Waals surface area (Å²) in [7, 11) is 1.61. The minimum absolute atomic E-state index is 0.00271. The summed E-state index contributed by atoms with van der Waals surface area (Å²) in [5, 5.41) is 4.50. The van der Waals surface area contributed by atoms with E-state index in [4.69, 9.17) is 9.47 Å². The van der Waals surface area contributed by atoms with Gasteiger partial charge in [0.2, 0.25) is 0 Å². The monoisotopic (exact) mass is 521 g/mol. The molecule has 0 spiro atoms. The van der Waals surface area contributed by atoms with Gasteiger partial charge < -0.3 is 14.4 Å². The quantitative estimate of drug-likeness (QED) is 0.303. The summed E-state index contributed by atoms with van der Waals surface area (Å²) in [4.78, 5) is 28.7. The normalized spacial score (nSPS) is 16.3. The summed E-state index contributed by atoms with van der Waals surface area (Å²) in [5.74, 6) is 0.578. The highest BCUT2D eigenvalue weighted by molar-refractivity contribution is 5.98. The molecule has 7 nitrogen and oxygen atoms in total. The maximum absolute atomic E-state index is 13.9. The van der Waals surface area contributed by atoms with Crippen molar-refractivity contribution in [3.05, 3.63) is 107 Å². The lowest BCUT2D eigenvalue weighted by Gasteiger charge is -2.34. The van der Waals surface area contributed by atoms with Crippen LogP contribution in [0, 0.1) is 0 Å². The summed E-state index contributed by atoms with van der Waals surface area (Å²) in [6.07, 6.45) is 5.45. The molecule has 6 rings (SSSR count). The van der Waals surface area contributed by atoms with Gasteiger partial charge in [0.15, 0.2) is 0 Å². The number of aromatic nitrogens is 2. The number of hydrogen-bond acceptors (Lipinski definition) is 5. The summed E-state index contributed by atoms with van der Waals surface area (Å²) in [5.41, 5.74) is 5.48. The number of aryl methyl sites for hydroxylation is 1. The van der Waals surface area contributed by atoms with Crippen molar-refractivity contribution in [1.82, 2.24) is 14.7 Å². The van der Waals surface area contributed by atoms with Crippen LogP contribution < -0.4 is 4.74 Å². The van der Waals surface area contributed by atoms with Crippen LogP contribution in [0.1, 0.15) is 46.4 Å². The van der Waals surface area contributed by atoms with E-state index in [0.717, 1.165) is 47.2 Å². The molecule has 0 N–H and O–H groups in total. The van der Waals surface area contributed by atoms with Gasteiger partial charge in [0, 0.05) is 18.3 Å². The van der Waals surface area contributed by atoms with Gasteiger partial charge in [0.1, 0.15) is 12.4 Å². The van der Waals surface area contributed by atoms with Crippen LogP contribution in [-0.2, 0) is 24.2 Å². The van der Waals surface area contributed by atoms with Crippen molar-refractivity contribution in [3.8, 4) is 16.9 Å². The molecule has 0 bridgehead atoms. The molecule has 1 saturated carbocycles. The number of nitrogens with zero attached hydrogens (tertiary/aromatic N) is 3. The third-order valence-corrected chi connectivity index (χ3v) is 7.55. The van der Waals surface area contributed by atoms with Crippen molar-refractivity contribution >= 4 is 12.0 Å². The first-order valence-corrected chi connectivity index (χ1v) is 13.5. The molecule has 1 unspecified atom stereocenters. The van der Waals surface area contributed by atoms with E-state index >= 15 is 0 Å². The molecule has 1 amide bonds. The summed E-state index contributed by atoms with van der Waals surface area (Å²) < 4.78 is 12.5. The van der Waals surface area contributed by atoms with Gasteiger partial charge in [-0.15, -0.1) is 0 Å². The van der Waals surface area contributed by atoms with Gasteiger partial charge in [-0.2, -0.15) is 9.78 Å². The number of hydrogen-bond donors (Lipinski definition) is 0. The molecule has 198 valence electrons. The van der Waals surface area contributed by atoms with Crippen LogP contribution in [0.25, 0.3) is 11.1 Å². The highest BCUT2D eigenvalue weighted by Gasteiger charge is 2.40. The molecule has 2 aliphatic carbocycles. The molecule has 0 aliphatic heterocycles. The molecule has 1 atom stereocenters. The second kappa shape index (κ2) is 10.8. The lowest BCUT2D eigenvalue weighted by Crippen LogP contribution is -2.45. The van der Waals surface area contributed by atoms with Crippen LogP contribution in [0.5, 0.6) is 5.75 Å². The predicted octanol–water partition coefficient (Wildman–Crippen LogP) is 5.91. The summed E-state index contributed by atoms with van der Waals surface area (Å²) >= 11 is 0. The predicted molar refractivity (Wildman–Crippen MR) is 148 cm³/mol. The van der Waals surface area contributed by atoms with E-state index in [1.807, 2.05) is 83.8 Å². The second-order valence-electron chi connectivity index (χ2n) is 10.2. The molecular formula is C32H31N3O4. The Hall–Kier alpha value is -4.39. The van der Waals surface area contributed by atoms with E-state index in [0.29, 0.717) is 24.2 Å². The molecule has 1 heterocycles. The zero-order chi connectivity index (χ0) is 26.8. The fraction of sp³-hybridized carbons (Fsp3) is 0.281. The van der Waals surface area contributed by atoms with Crippen LogP contribution in [-0.4, -0.2) is 45.9 Å². The largest absolute Gasteiger partial charge is 0.496 e. The van der Waals surface area contributed by atoms with Crippen molar-refractivity contribution < 1.29 is 19.1 Å². The molecule has 0 saturated heterocycles. The topological polar surface area (TPSA) is 73.7 Å². The number of carbonyl (C=O) groups excluding carboxylic acids is 2. The van der Waals surface area contributed by atoms with Gasteiger partial charge in [-0.3, -0.25) is 4.79 Å². The number of benzene rings is 3. The molecule has 1 aromatic heterocycles. The van der Waals surface area contributed by atoms with Crippen LogP contribution in [0.2, 0.25) is 0 Å². The number of amides is 1. The van der Waals surface area contributed by atoms with Crippen LogP contribution in [0.4, 0.5) is 4.79 Å². The van der Waals surface area contributed by atoms with Gasteiger partial charge in [-0.25, -0.2) is 4.79 Å². The van der Waals surface area contributed by atoms with Gasteiger partial charge in [0.25, 0.3) is 5.91 Å². The van der Waals surface area contributed by atoms with Gasteiger partial charge in [-0.1, -0.05) is 66.7 Å². The number of carbonyl (C=O) groups is 2. The number of rotatable bonds is 7. The first-order valence-electron chi connectivity index (χ1n) is 13.5. The average molecular weight is 522 g/mol. The number of methoxy groups -OCH3 is 1. The minimum atomic E-state index is -0.497. The van der Waals surface area contributed by atoms with Crippen LogP contribution in [0.15, 0.2) is 85.1 Å². The van der Waals surface area contributed by atoms with Gasteiger partial charge in [0.05, 0.1) is 18.4 Å². The standard InChI is InChI=1S/C32H31N3O4/c1-38-30-19-24(23-10-6-3-7-11-23)12-16-28(30)31(36)35(26-13-14-26)27-15-17-29-25(18-27)20-34(33-29)32(37)39-21-22-8-4-2-5-9-22/h2-12,16,19-20,26-27H,13-15,17-18,21H2,1H3. The van der Waals surface area contributed by atoms with Gasteiger partial charge >= 0.3 is 6.09 Å². The molecule has 2 aliphatic rings. The first kappa shape index (κ1) is 24.9. The molecule has 3 aromatic carbocycles. The fourth-order valence-electron chi connectivity index (χ4n) is 5.40. The minimum Gasteiger partial charge on any atom is -0.496 e. The van der Waals surface area contributed by atoms with E-state index in [-0.39, 0.29) is 24.6 Å². The SMILES string of the molecule is COc1cc(-c2ccccc2)ccc1C(=O)N(C1CC1)C1CCc2nn(C(=O)OCc3ccccc3)cc2C1. The molecular weight excluding hydrogens is 490 g/mol. The zero-order valence-corrected chi connectivity index (χ0v) is 22.0. The Labute approximate surface area is 228 Å². The van der Waals surface area contributed by atoms with Crippen LogP contribution in [0.3, 0.4) is 0 Å². The highest BCUT2D eigenvalue weighted by atomic mass is 16.6. The maximum atomic E-state index is 13.9. The van der Waals surface area contributed by atoms with E-state index in [9.17, 15) is 9.59 Å². The number of fused-ring (bicyclic) bond motifs is 1. The Morgan fingerprint density at radius 2 is 1.67 bits per heavy atom. The lowest BCUT2D eigenvalue weighted by atomic mass is 9.91. The maximum Gasteiger partial charge on any atom is 0.435 e. The van der Waals surface area contributed by atoms with Crippen molar-refractivity contribution in [2.75, 3.05) is 7.11 Å². The third-order valence-electron chi connectivity index (χ3n) is 7.55. The third kappa shape index (κ3) is 5.30. The smallest absolute Gasteiger partial charge is 0.435 e. The zero-order valence-electron chi connectivity index (χ0n) is 22.0. The molecule has 39 heavy (non-hydrogen) atoms. The highest BCUT2D eigenvalue weighted by Crippen LogP contribution is 2.37. The second-order valence-corrected chi connectivity index (χ2v) is 10.2. The van der Waals surface area contributed by atoms with Crippen LogP contribution >= 0.6 is 0 Å². The van der Waals surface area contributed by atoms with Crippen molar-refractivity contribution in [2.45, 2.75) is 50.8 Å². The Morgan fingerprint density at radius 3 is 2.38 bits per heavy atom. The van der Waals surface area contributed by atoms with E-state index < -0.39 is 6.09 Å². The first-order chi connectivity index (χ1) is 19.1. The van der Waals surface area contributed by atoms with Crippen molar-refractivity contribution in [2.24, 2.45) is 0 Å². The van der Waals surface area contributed by atoms with Gasteiger partial charge in [-0.05, 0) is 66.5 Å². The summed E-state index contributed by atoms with van der Waals surface area (Å²) in [6.45, 7) is 0.196. The number of ether oxygens (including phenoxy) is 2. The van der Waals surface area contributed by atoms with E-state index in [2.05, 4.69) is 5.10 Å². The van der Waals surface area contributed by atoms with Crippen molar-refractivity contribution in [3.63, 3.8) is 0 Å². The average Bonchev–Trinajstić information content (AvgIpc) is 3.73. The van der Waals surface area contributed by atoms with E-state index in [1.165, 1.54) is 4.68 Å². The molecule has 4 aromatic rings. The Morgan fingerprint density at radius 1 is 0.923 bits per heavy atom. The van der Waals surface area contributed by atoms with Crippen molar-refractivity contribution in [1.29, 1.82) is 0 Å². The molecule has 1 fully saturated rings. The fourth-order valence-corrected chi connectivity index (χ4v) is 5.40. The lowest BCUT2D eigenvalue weighted by molar-refractivity contribution is 0.0639. The Balaban J connectivity index is 1.19. The Kier molecular flexibility index (Phi) is 6.88. The molecule has 0 radical (unpaired) electrons. The Bertz CT molecular complexity index is 1480.